The minimum atomic E-state index is 0.207. The predicted octanol–water partition coefficient (Wildman–Crippen LogP) is 1.63. The first-order valence-corrected chi connectivity index (χ1v) is 10.2. The van der Waals surface area contributed by atoms with Gasteiger partial charge < -0.3 is 20.3 Å². The predicted molar refractivity (Wildman–Crippen MR) is 107 cm³/mol. The summed E-state index contributed by atoms with van der Waals surface area (Å²) in [5.41, 5.74) is 0. The number of nitrogens with one attached hydrogen (secondary N) is 2. The first-order chi connectivity index (χ1) is 12.1. The highest BCUT2D eigenvalue weighted by Gasteiger charge is 2.20. The quantitative estimate of drug-likeness (QED) is 0.335. The van der Waals surface area contributed by atoms with Gasteiger partial charge in [0.2, 0.25) is 0 Å². The molecule has 0 spiro atoms. The highest BCUT2D eigenvalue weighted by molar-refractivity contribution is 5.79. The number of aliphatic imine (C=N–C) groups is 1. The van der Waals surface area contributed by atoms with Crippen molar-refractivity contribution in [2.24, 2.45) is 10.9 Å². The van der Waals surface area contributed by atoms with Gasteiger partial charge in [0.25, 0.3) is 0 Å². The van der Waals surface area contributed by atoms with Crippen molar-refractivity contribution < 1.29 is 4.74 Å². The Labute approximate surface area is 155 Å². The standard InChI is InChI=1S/C19H41N5O/c1-6-20-19(21-10-9-11-23(7-2)8-3)22-14-18-16-24(12-13-25-18)15-17(4)5/h17-18H,6-16H2,1-5H3,(H2,20,21,22). The van der Waals surface area contributed by atoms with Gasteiger partial charge in [-0.05, 0) is 38.9 Å². The van der Waals surface area contributed by atoms with Crippen LogP contribution in [0.4, 0.5) is 0 Å². The monoisotopic (exact) mass is 355 g/mol. The zero-order valence-electron chi connectivity index (χ0n) is 17.2. The maximum atomic E-state index is 5.89. The summed E-state index contributed by atoms with van der Waals surface area (Å²) in [7, 11) is 0. The molecule has 1 unspecified atom stereocenters. The molecule has 25 heavy (non-hydrogen) atoms. The minimum Gasteiger partial charge on any atom is -0.374 e. The molecule has 1 atom stereocenters. The van der Waals surface area contributed by atoms with Gasteiger partial charge in [-0.25, -0.2) is 0 Å². The van der Waals surface area contributed by atoms with Crippen LogP contribution in [-0.2, 0) is 4.74 Å². The Balaban J connectivity index is 2.36. The van der Waals surface area contributed by atoms with Crippen LogP contribution in [0.1, 0.15) is 41.0 Å². The van der Waals surface area contributed by atoms with Gasteiger partial charge in [-0.1, -0.05) is 27.7 Å². The van der Waals surface area contributed by atoms with Gasteiger partial charge in [-0.3, -0.25) is 9.89 Å². The van der Waals surface area contributed by atoms with Crippen molar-refractivity contribution >= 4 is 5.96 Å². The number of nitrogens with zero attached hydrogens (tertiary/aromatic N) is 3. The number of rotatable bonds is 11. The number of guanidine groups is 1. The molecule has 0 saturated carbocycles. The fourth-order valence-electron chi connectivity index (χ4n) is 3.16. The molecule has 1 heterocycles. The third-order valence-corrected chi connectivity index (χ3v) is 4.48. The molecule has 148 valence electrons. The lowest BCUT2D eigenvalue weighted by molar-refractivity contribution is -0.0261. The highest BCUT2D eigenvalue weighted by Crippen LogP contribution is 2.08. The summed E-state index contributed by atoms with van der Waals surface area (Å²) in [6.07, 6.45) is 1.34. The zero-order chi connectivity index (χ0) is 18.5. The van der Waals surface area contributed by atoms with Crippen molar-refractivity contribution in [3.8, 4) is 0 Å². The Morgan fingerprint density at radius 3 is 2.64 bits per heavy atom. The van der Waals surface area contributed by atoms with Crippen molar-refractivity contribution in [3.63, 3.8) is 0 Å². The van der Waals surface area contributed by atoms with Gasteiger partial charge in [-0.15, -0.1) is 0 Å². The van der Waals surface area contributed by atoms with E-state index in [9.17, 15) is 0 Å². The molecule has 6 heteroatoms. The van der Waals surface area contributed by atoms with Gasteiger partial charge in [0.1, 0.15) is 0 Å². The molecule has 0 aromatic carbocycles. The van der Waals surface area contributed by atoms with Crippen LogP contribution in [0.5, 0.6) is 0 Å². The summed E-state index contributed by atoms with van der Waals surface area (Å²) in [6, 6.07) is 0. The van der Waals surface area contributed by atoms with Gasteiger partial charge in [0, 0.05) is 32.7 Å². The van der Waals surface area contributed by atoms with Gasteiger partial charge in [-0.2, -0.15) is 0 Å². The zero-order valence-corrected chi connectivity index (χ0v) is 17.2. The number of hydrogen-bond donors (Lipinski definition) is 2. The van der Waals surface area contributed by atoms with Crippen LogP contribution in [0, 0.1) is 5.92 Å². The van der Waals surface area contributed by atoms with Crippen molar-refractivity contribution in [1.82, 2.24) is 20.4 Å². The first-order valence-electron chi connectivity index (χ1n) is 10.2. The summed E-state index contributed by atoms with van der Waals surface area (Å²) in [5.74, 6) is 1.61. The second-order valence-electron chi connectivity index (χ2n) is 7.17. The van der Waals surface area contributed by atoms with Gasteiger partial charge in [0.15, 0.2) is 5.96 Å². The van der Waals surface area contributed by atoms with E-state index in [-0.39, 0.29) is 6.10 Å². The molecule has 1 rings (SSSR count). The van der Waals surface area contributed by atoms with E-state index in [0.29, 0.717) is 5.92 Å². The molecule has 0 amide bonds. The summed E-state index contributed by atoms with van der Waals surface area (Å²) in [4.78, 5) is 9.68. The third kappa shape index (κ3) is 10.0. The van der Waals surface area contributed by atoms with Crippen LogP contribution < -0.4 is 10.6 Å². The molecule has 0 aliphatic carbocycles. The largest absolute Gasteiger partial charge is 0.374 e. The molecular weight excluding hydrogens is 314 g/mol. The maximum absolute atomic E-state index is 5.89. The first kappa shape index (κ1) is 22.2. The van der Waals surface area contributed by atoms with E-state index in [2.05, 4.69) is 55.1 Å². The average Bonchev–Trinajstić information content (AvgIpc) is 2.59. The van der Waals surface area contributed by atoms with E-state index >= 15 is 0 Å². The van der Waals surface area contributed by atoms with Crippen LogP contribution >= 0.6 is 0 Å². The van der Waals surface area contributed by atoms with Crippen molar-refractivity contribution in [2.45, 2.75) is 47.1 Å². The molecule has 1 aliphatic heterocycles. The number of morpholine rings is 1. The molecule has 0 bridgehead atoms. The lowest BCUT2D eigenvalue weighted by Gasteiger charge is -2.33. The van der Waals surface area contributed by atoms with E-state index in [0.717, 1.165) is 77.9 Å². The topological polar surface area (TPSA) is 52.1 Å². The summed E-state index contributed by atoms with van der Waals surface area (Å²) < 4.78 is 5.89. The Kier molecular flexibility index (Phi) is 11.9. The lowest BCUT2D eigenvalue weighted by Crippen LogP contribution is -2.46. The fraction of sp³-hybridized carbons (Fsp3) is 0.947. The molecule has 0 aromatic heterocycles. The molecule has 6 nitrogen and oxygen atoms in total. The van der Waals surface area contributed by atoms with Gasteiger partial charge in [0.05, 0.1) is 19.3 Å². The van der Waals surface area contributed by atoms with Crippen LogP contribution in [-0.4, -0.2) is 87.4 Å². The maximum Gasteiger partial charge on any atom is 0.191 e. The molecule has 1 fully saturated rings. The molecule has 0 aromatic rings. The van der Waals surface area contributed by atoms with Crippen molar-refractivity contribution in [1.29, 1.82) is 0 Å². The molecule has 1 saturated heterocycles. The van der Waals surface area contributed by atoms with E-state index in [1.807, 2.05) is 0 Å². The Morgan fingerprint density at radius 1 is 1.24 bits per heavy atom. The molecule has 0 radical (unpaired) electrons. The average molecular weight is 356 g/mol. The van der Waals surface area contributed by atoms with E-state index in [4.69, 9.17) is 9.73 Å². The second kappa shape index (κ2) is 13.4. The summed E-state index contributed by atoms with van der Waals surface area (Å²) in [5, 5.41) is 6.79. The van der Waals surface area contributed by atoms with E-state index in [1.165, 1.54) is 0 Å². The second-order valence-corrected chi connectivity index (χ2v) is 7.17. The number of ether oxygens (including phenoxy) is 1. The Bertz CT molecular complexity index is 358. The highest BCUT2D eigenvalue weighted by atomic mass is 16.5. The molecule has 1 aliphatic rings. The van der Waals surface area contributed by atoms with Crippen molar-refractivity contribution in [2.75, 3.05) is 65.5 Å². The fourth-order valence-corrected chi connectivity index (χ4v) is 3.16. The van der Waals surface area contributed by atoms with Crippen molar-refractivity contribution in [3.05, 3.63) is 0 Å². The Morgan fingerprint density at radius 2 is 2.00 bits per heavy atom. The molecule has 2 N–H and O–H groups in total. The third-order valence-electron chi connectivity index (χ3n) is 4.48. The lowest BCUT2D eigenvalue weighted by atomic mass is 10.2. The van der Waals surface area contributed by atoms with E-state index < -0.39 is 0 Å². The molecular formula is C19H41N5O. The van der Waals surface area contributed by atoms with Gasteiger partial charge >= 0.3 is 0 Å². The number of hydrogen-bond acceptors (Lipinski definition) is 4. The smallest absolute Gasteiger partial charge is 0.191 e. The van der Waals surface area contributed by atoms with E-state index in [1.54, 1.807) is 0 Å². The Hall–Kier alpha value is -0.850. The normalized spacial score (nSPS) is 19.6. The van der Waals surface area contributed by atoms with Crippen LogP contribution in [0.15, 0.2) is 4.99 Å². The summed E-state index contributed by atoms with van der Waals surface area (Å²) >= 11 is 0. The van der Waals surface area contributed by atoms with Crippen LogP contribution in [0.2, 0.25) is 0 Å². The van der Waals surface area contributed by atoms with Crippen LogP contribution in [0.25, 0.3) is 0 Å². The summed E-state index contributed by atoms with van der Waals surface area (Å²) in [6.45, 7) is 21.0. The SMILES string of the molecule is CCNC(=NCC1CN(CC(C)C)CCO1)NCCCN(CC)CC. The van der Waals surface area contributed by atoms with Crippen LogP contribution in [0.3, 0.4) is 0 Å². The minimum absolute atomic E-state index is 0.207.